The van der Waals surface area contributed by atoms with E-state index < -0.39 is 5.91 Å². The van der Waals surface area contributed by atoms with Crippen molar-refractivity contribution < 1.29 is 13.9 Å². The zero-order valence-electron chi connectivity index (χ0n) is 11.8. The number of nitrogens with two attached hydrogens (primary N) is 1. The maximum atomic E-state index is 11.5. The van der Waals surface area contributed by atoms with Gasteiger partial charge in [-0.2, -0.15) is 5.26 Å². The summed E-state index contributed by atoms with van der Waals surface area (Å²) < 4.78 is 11.0. The van der Waals surface area contributed by atoms with Crippen molar-refractivity contribution in [1.82, 2.24) is 5.43 Å². The number of furan rings is 1. The van der Waals surface area contributed by atoms with Crippen molar-refractivity contribution in [2.24, 2.45) is 5.84 Å². The Kier molecular flexibility index (Phi) is 4.26. The minimum atomic E-state index is -0.485. The van der Waals surface area contributed by atoms with Gasteiger partial charge < -0.3 is 9.15 Å². The maximum absolute atomic E-state index is 11.5. The van der Waals surface area contributed by atoms with E-state index in [4.69, 9.17) is 20.3 Å². The fraction of sp³-hybridized carbons (Fsp3) is 0.200. The number of hydrazine groups is 1. The molecule has 21 heavy (non-hydrogen) atoms. The Morgan fingerprint density at radius 3 is 2.81 bits per heavy atom. The molecule has 6 heteroatoms. The predicted octanol–water partition coefficient (Wildman–Crippen LogP) is 1.95. The van der Waals surface area contributed by atoms with Crippen molar-refractivity contribution >= 4 is 5.91 Å². The van der Waals surface area contributed by atoms with Crippen LogP contribution in [0.1, 0.15) is 33.0 Å². The van der Waals surface area contributed by atoms with Gasteiger partial charge in [-0.25, -0.2) is 5.84 Å². The molecule has 1 aromatic heterocycles. The molecule has 1 heterocycles. The number of carbonyl (C=O) groups is 1. The van der Waals surface area contributed by atoms with E-state index in [1.807, 2.05) is 18.4 Å². The zero-order valence-corrected chi connectivity index (χ0v) is 11.8. The molecule has 0 radical (unpaired) electrons. The monoisotopic (exact) mass is 285 g/mol. The molecule has 0 saturated carbocycles. The van der Waals surface area contributed by atoms with Gasteiger partial charge in [0.2, 0.25) is 0 Å². The molecule has 0 bridgehead atoms. The van der Waals surface area contributed by atoms with E-state index in [0.29, 0.717) is 22.6 Å². The molecule has 2 rings (SSSR count). The van der Waals surface area contributed by atoms with Gasteiger partial charge in [0.25, 0.3) is 0 Å². The van der Waals surface area contributed by atoms with Gasteiger partial charge in [-0.1, -0.05) is 6.07 Å². The van der Waals surface area contributed by atoms with E-state index >= 15 is 0 Å². The third kappa shape index (κ3) is 3.22. The smallest absolute Gasteiger partial charge is 0.301 e. The van der Waals surface area contributed by atoms with Crippen molar-refractivity contribution in [3.05, 3.63) is 52.5 Å². The van der Waals surface area contributed by atoms with Crippen LogP contribution in [0.3, 0.4) is 0 Å². The number of benzene rings is 1. The fourth-order valence-corrected chi connectivity index (χ4v) is 1.88. The number of carbonyl (C=O) groups excluding carboxylic acids is 1. The number of hydrogen-bond acceptors (Lipinski definition) is 5. The molecule has 108 valence electrons. The molecule has 0 unspecified atom stereocenters. The number of hydrogen-bond donors (Lipinski definition) is 2. The summed E-state index contributed by atoms with van der Waals surface area (Å²) in [6, 6.07) is 8.98. The van der Waals surface area contributed by atoms with Crippen LogP contribution in [-0.2, 0) is 6.61 Å². The average Bonchev–Trinajstić information content (AvgIpc) is 2.86. The quantitative estimate of drug-likeness (QED) is 0.508. The third-order valence-corrected chi connectivity index (χ3v) is 2.99. The summed E-state index contributed by atoms with van der Waals surface area (Å²) in [6.07, 6.45) is 0. The molecule has 0 atom stereocenters. The van der Waals surface area contributed by atoms with Crippen molar-refractivity contribution in [3.63, 3.8) is 0 Å². The Hall–Kier alpha value is -2.78. The molecule has 2 aromatic rings. The zero-order chi connectivity index (χ0) is 15.4. The lowest BCUT2D eigenvalue weighted by molar-refractivity contribution is 0.0921. The molecular formula is C15H15N3O3. The highest BCUT2D eigenvalue weighted by Gasteiger charge is 2.15. The number of rotatable bonds is 4. The summed E-state index contributed by atoms with van der Waals surface area (Å²) in [5, 5.41) is 8.89. The lowest BCUT2D eigenvalue weighted by Gasteiger charge is -2.07. The highest BCUT2D eigenvalue weighted by molar-refractivity contribution is 5.92. The third-order valence-electron chi connectivity index (χ3n) is 2.99. The average molecular weight is 285 g/mol. The van der Waals surface area contributed by atoms with Gasteiger partial charge >= 0.3 is 5.91 Å². The van der Waals surface area contributed by atoms with Crippen LogP contribution < -0.4 is 16.0 Å². The highest BCUT2D eigenvalue weighted by atomic mass is 16.5. The van der Waals surface area contributed by atoms with E-state index in [1.54, 1.807) is 25.1 Å². The van der Waals surface area contributed by atoms with Gasteiger partial charge in [-0.3, -0.25) is 10.2 Å². The Labute approximate surface area is 122 Å². The highest BCUT2D eigenvalue weighted by Crippen LogP contribution is 2.22. The summed E-state index contributed by atoms with van der Waals surface area (Å²) in [4.78, 5) is 11.5. The molecule has 0 aliphatic carbocycles. The lowest BCUT2D eigenvalue weighted by atomic mass is 10.1. The predicted molar refractivity (Wildman–Crippen MR) is 75.3 cm³/mol. The second kappa shape index (κ2) is 6.11. The van der Waals surface area contributed by atoms with Crippen LogP contribution in [0, 0.1) is 25.2 Å². The van der Waals surface area contributed by atoms with Crippen molar-refractivity contribution in [1.29, 1.82) is 5.26 Å². The molecule has 6 nitrogen and oxygen atoms in total. The minimum absolute atomic E-state index is 0.161. The standard InChI is InChI=1S/C15H15N3O3/c1-9-3-4-11(7-16)6-13(9)20-8-12-5-10(2)14(21-12)15(19)18-17/h3-6H,8,17H2,1-2H3,(H,18,19). The van der Waals surface area contributed by atoms with Crippen LogP contribution >= 0.6 is 0 Å². The van der Waals surface area contributed by atoms with Crippen LogP contribution in [0.4, 0.5) is 0 Å². The van der Waals surface area contributed by atoms with E-state index in [1.165, 1.54) is 0 Å². The Morgan fingerprint density at radius 2 is 2.14 bits per heavy atom. The van der Waals surface area contributed by atoms with Crippen LogP contribution in [0.25, 0.3) is 0 Å². The molecule has 0 fully saturated rings. The van der Waals surface area contributed by atoms with Crippen LogP contribution in [0.2, 0.25) is 0 Å². The lowest BCUT2D eigenvalue weighted by Crippen LogP contribution is -2.30. The van der Waals surface area contributed by atoms with Crippen LogP contribution in [-0.4, -0.2) is 5.91 Å². The number of amides is 1. The Bertz CT molecular complexity index is 713. The number of ether oxygens (including phenoxy) is 1. The van der Waals surface area contributed by atoms with Gasteiger partial charge in [0, 0.05) is 5.56 Å². The first-order chi connectivity index (χ1) is 10.0. The van der Waals surface area contributed by atoms with Gasteiger partial charge in [-0.05, 0) is 37.6 Å². The summed E-state index contributed by atoms with van der Waals surface area (Å²) >= 11 is 0. The summed E-state index contributed by atoms with van der Waals surface area (Å²) in [5.74, 6) is 5.87. The van der Waals surface area contributed by atoms with E-state index in [-0.39, 0.29) is 12.4 Å². The van der Waals surface area contributed by atoms with E-state index in [2.05, 4.69) is 6.07 Å². The van der Waals surface area contributed by atoms with Crippen LogP contribution in [0.5, 0.6) is 5.75 Å². The Balaban J connectivity index is 2.14. The number of nitriles is 1. The van der Waals surface area contributed by atoms with Gasteiger partial charge in [0.05, 0.1) is 11.6 Å². The van der Waals surface area contributed by atoms with Crippen molar-refractivity contribution in [2.45, 2.75) is 20.5 Å². The number of nitrogens with one attached hydrogen (secondary N) is 1. The summed E-state index contributed by atoms with van der Waals surface area (Å²) in [7, 11) is 0. The molecule has 0 aliphatic heterocycles. The number of nitrogen functional groups attached to an aromatic ring is 1. The van der Waals surface area contributed by atoms with Gasteiger partial charge in [0.15, 0.2) is 5.76 Å². The largest absolute Gasteiger partial charge is 0.485 e. The normalized spacial score (nSPS) is 10.0. The first-order valence-corrected chi connectivity index (χ1v) is 6.29. The molecule has 1 aromatic carbocycles. The van der Waals surface area contributed by atoms with Crippen LogP contribution in [0.15, 0.2) is 28.7 Å². The van der Waals surface area contributed by atoms with Gasteiger partial charge in [0.1, 0.15) is 18.1 Å². The second-order valence-electron chi connectivity index (χ2n) is 4.58. The molecule has 0 saturated heterocycles. The summed E-state index contributed by atoms with van der Waals surface area (Å²) in [5.41, 5.74) is 4.14. The molecule has 0 spiro atoms. The maximum Gasteiger partial charge on any atom is 0.301 e. The first kappa shape index (κ1) is 14.6. The molecule has 1 amide bonds. The summed E-state index contributed by atoms with van der Waals surface area (Å²) in [6.45, 7) is 3.80. The first-order valence-electron chi connectivity index (χ1n) is 6.29. The second-order valence-corrected chi connectivity index (χ2v) is 4.58. The molecular weight excluding hydrogens is 270 g/mol. The number of aryl methyl sites for hydroxylation is 2. The molecule has 0 aliphatic rings. The van der Waals surface area contributed by atoms with Crippen molar-refractivity contribution in [3.8, 4) is 11.8 Å². The Morgan fingerprint density at radius 1 is 1.38 bits per heavy atom. The van der Waals surface area contributed by atoms with Gasteiger partial charge in [-0.15, -0.1) is 0 Å². The topological polar surface area (TPSA) is 101 Å². The van der Waals surface area contributed by atoms with E-state index in [9.17, 15) is 4.79 Å². The van der Waals surface area contributed by atoms with E-state index in [0.717, 1.165) is 5.56 Å². The molecule has 3 N–H and O–H groups in total. The number of nitrogens with zero attached hydrogens (tertiary/aromatic N) is 1. The van der Waals surface area contributed by atoms with Crippen molar-refractivity contribution in [2.75, 3.05) is 0 Å². The SMILES string of the molecule is Cc1ccc(C#N)cc1OCc1cc(C)c(C(=O)NN)o1. The fourth-order valence-electron chi connectivity index (χ4n) is 1.88. The minimum Gasteiger partial charge on any atom is -0.485 e.